The second-order valence-electron chi connectivity index (χ2n) is 6.67. The lowest BCUT2D eigenvalue weighted by molar-refractivity contribution is -0.384. The number of benzene rings is 3. The molecule has 0 aliphatic heterocycles. The summed E-state index contributed by atoms with van der Waals surface area (Å²) >= 11 is 0. The van der Waals surface area contributed by atoms with Crippen molar-refractivity contribution in [1.82, 2.24) is 0 Å². The zero-order chi connectivity index (χ0) is 22.4. The molecular weight excluding hydrogens is 400 g/mol. The summed E-state index contributed by atoms with van der Waals surface area (Å²) in [6.07, 6.45) is 0. The third-order valence-electron chi connectivity index (χ3n) is 4.42. The first-order valence-corrected chi connectivity index (χ1v) is 9.27. The summed E-state index contributed by atoms with van der Waals surface area (Å²) in [6.45, 7) is 1.45. The van der Waals surface area contributed by atoms with Crippen LogP contribution in [0.2, 0.25) is 0 Å². The minimum absolute atomic E-state index is 0.0537. The molecule has 0 aliphatic rings. The number of Topliss-reactive ketones (excluding diaryl/α,β-unsaturated/α-hetero) is 1. The number of ketones is 1. The first kappa shape index (κ1) is 21.4. The molecule has 0 spiro atoms. The molecule has 0 saturated heterocycles. The average Bonchev–Trinajstić information content (AvgIpc) is 2.78. The van der Waals surface area contributed by atoms with Crippen LogP contribution in [0.4, 0.5) is 11.4 Å². The van der Waals surface area contributed by atoms with Gasteiger partial charge in [0.2, 0.25) is 0 Å². The van der Waals surface area contributed by atoms with E-state index in [1.807, 2.05) is 6.92 Å². The number of rotatable bonds is 7. The molecule has 0 radical (unpaired) electrons. The third-order valence-corrected chi connectivity index (χ3v) is 4.42. The minimum atomic E-state index is -0.782. The van der Waals surface area contributed by atoms with Crippen LogP contribution < -0.4 is 5.32 Å². The molecule has 156 valence electrons. The monoisotopic (exact) mass is 418 g/mol. The number of amides is 1. The number of hydrogen-bond acceptors (Lipinski definition) is 6. The summed E-state index contributed by atoms with van der Waals surface area (Å²) < 4.78 is 5.12. The number of nitro benzene ring substituents is 1. The molecule has 0 bridgehead atoms. The van der Waals surface area contributed by atoms with Gasteiger partial charge in [-0.05, 0) is 25.1 Å². The van der Waals surface area contributed by atoms with Crippen molar-refractivity contribution in [3.05, 3.63) is 105 Å². The highest BCUT2D eigenvalue weighted by atomic mass is 16.6. The summed E-state index contributed by atoms with van der Waals surface area (Å²) in [5, 5.41) is 13.5. The van der Waals surface area contributed by atoms with Crippen molar-refractivity contribution in [3.63, 3.8) is 0 Å². The van der Waals surface area contributed by atoms with E-state index >= 15 is 0 Å². The molecule has 0 fully saturated rings. The molecule has 1 N–H and O–H groups in total. The molecule has 3 aromatic rings. The highest BCUT2D eigenvalue weighted by molar-refractivity contribution is 6.08. The number of hydrogen-bond donors (Lipinski definition) is 1. The highest BCUT2D eigenvalue weighted by Crippen LogP contribution is 2.19. The van der Waals surface area contributed by atoms with Gasteiger partial charge >= 0.3 is 5.97 Å². The maximum Gasteiger partial charge on any atom is 0.340 e. The predicted octanol–water partition coefficient (Wildman–Crippen LogP) is 4.20. The molecular formula is C23H18N2O6. The molecule has 0 saturated carbocycles. The third kappa shape index (κ3) is 5.39. The summed E-state index contributed by atoms with van der Waals surface area (Å²) in [7, 11) is 0. The molecule has 8 nitrogen and oxygen atoms in total. The summed E-state index contributed by atoms with van der Waals surface area (Å²) in [5.41, 5.74) is 1.47. The zero-order valence-corrected chi connectivity index (χ0v) is 16.5. The van der Waals surface area contributed by atoms with Gasteiger partial charge < -0.3 is 10.1 Å². The second kappa shape index (κ2) is 9.45. The normalized spacial score (nSPS) is 10.2. The van der Waals surface area contributed by atoms with Crippen molar-refractivity contribution in [2.75, 3.05) is 11.9 Å². The Morgan fingerprint density at radius 3 is 2.35 bits per heavy atom. The Morgan fingerprint density at radius 2 is 1.65 bits per heavy atom. The van der Waals surface area contributed by atoms with Crippen LogP contribution in [-0.4, -0.2) is 29.2 Å². The van der Waals surface area contributed by atoms with E-state index in [1.54, 1.807) is 36.4 Å². The zero-order valence-electron chi connectivity index (χ0n) is 16.5. The Kier molecular flexibility index (Phi) is 6.51. The predicted molar refractivity (Wildman–Crippen MR) is 113 cm³/mol. The van der Waals surface area contributed by atoms with Crippen LogP contribution in [0.3, 0.4) is 0 Å². The van der Waals surface area contributed by atoms with Crippen molar-refractivity contribution in [1.29, 1.82) is 0 Å². The molecule has 0 aliphatic carbocycles. The van der Waals surface area contributed by atoms with Crippen LogP contribution in [0.25, 0.3) is 0 Å². The van der Waals surface area contributed by atoms with Crippen LogP contribution in [0, 0.1) is 17.0 Å². The highest BCUT2D eigenvalue weighted by Gasteiger charge is 2.18. The Bertz CT molecular complexity index is 1150. The van der Waals surface area contributed by atoms with Gasteiger partial charge in [-0.3, -0.25) is 19.7 Å². The topological polar surface area (TPSA) is 116 Å². The summed E-state index contributed by atoms with van der Waals surface area (Å²) in [4.78, 5) is 47.5. The maximum absolute atomic E-state index is 12.5. The number of non-ortho nitro benzene ring substituents is 1. The van der Waals surface area contributed by atoms with E-state index < -0.39 is 23.4 Å². The number of esters is 1. The number of para-hydroxylation sites is 1. The average molecular weight is 418 g/mol. The lowest BCUT2D eigenvalue weighted by atomic mass is 10.1. The first-order chi connectivity index (χ1) is 14.8. The fourth-order valence-corrected chi connectivity index (χ4v) is 2.76. The molecule has 8 heteroatoms. The van der Waals surface area contributed by atoms with Crippen LogP contribution in [0.5, 0.6) is 0 Å². The van der Waals surface area contributed by atoms with Crippen molar-refractivity contribution in [2.24, 2.45) is 0 Å². The minimum Gasteiger partial charge on any atom is -0.454 e. The Labute approximate surface area is 177 Å². The van der Waals surface area contributed by atoms with Crippen LogP contribution >= 0.6 is 0 Å². The fraction of sp³-hybridized carbons (Fsp3) is 0.0870. The number of nitrogens with one attached hydrogen (secondary N) is 1. The van der Waals surface area contributed by atoms with Crippen molar-refractivity contribution >= 4 is 29.0 Å². The summed E-state index contributed by atoms with van der Waals surface area (Å²) in [6, 6.07) is 18.2. The maximum atomic E-state index is 12.5. The lowest BCUT2D eigenvalue weighted by Crippen LogP contribution is -2.18. The number of carbonyl (C=O) groups is 3. The number of ether oxygens (including phenoxy) is 1. The van der Waals surface area contributed by atoms with Crippen LogP contribution in [-0.2, 0) is 4.74 Å². The molecule has 0 unspecified atom stereocenters. The standard InChI is InChI=1S/C23H18N2O6/c1-15-9-11-16(12-10-15)21(26)14-31-23(28)19-7-2-3-8-20(19)24-22(27)17-5-4-6-18(13-17)25(29)30/h2-13H,14H2,1H3,(H,24,27). The van der Waals surface area contributed by atoms with E-state index in [9.17, 15) is 24.5 Å². The number of carbonyl (C=O) groups excluding carboxylic acids is 3. The number of nitro groups is 1. The number of aryl methyl sites for hydroxylation is 1. The van der Waals surface area contributed by atoms with E-state index in [2.05, 4.69) is 5.32 Å². The van der Waals surface area contributed by atoms with Gasteiger partial charge in [0.15, 0.2) is 12.4 Å². The molecule has 31 heavy (non-hydrogen) atoms. The Hall–Kier alpha value is -4.33. The van der Waals surface area contributed by atoms with Gasteiger partial charge in [-0.2, -0.15) is 0 Å². The van der Waals surface area contributed by atoms with Gasteiger partial charge in [0.05, 0.1) is 16.2 Å². The molecule has 1 amide bonds. The smallest absolute Gasteiger partial charge is 0.340 e. The fourth-order valence-electron chi connectivity index (χ4n) is 2.76. The van der Waals surface area contributed by atoms with Crippen LogP contribution in [0.15, 0.2) is 72.8 Å². The van der Waals surface area contributed by atoms with Crippen LogP contribution in [0.1, 0.15) is 36.6 Å². The molecule has 0 atom stereocenters. The quantitative estimate of drug-likeness (QED) is 0.266. The van der Waals surface area contributed by atoms with Crippen molar-refractivity contribution in [2.45, 2.75) is 6.92 Å². The van der Waals surface area contributed by atoms with Gasteiger partial charge in [-0.1, -0.05) is 48.0 Å². The van der Waals surface area contributed by atoms with E-state index in [4.69, 9.17) is 4.74 Å². The van der Waals surface area contributed by atoms with Gasteiger partial charge in [0.25, 0.3) is 11.6 Å². The van der Waals surface area contributed by atoms with Gasteiger partial charge in [0, 0.05) is 23.3 Å². The largest absolute Gasteiger partial charge is 0.454 e. The van der Waals surface area contributed by atoms with Gasteiger partial charge in [0.1, 0.15) is 0 Å². The molecule has 0 aromatic heterocycles. The van der Waals surface area contributed by atoms with Gasteiger partial charge in [-0.25, -0.2) is 4.79 Å². The van der Waals surface area contributed by atoms with Gasteiger partial charge in [-0.15, -0.1) is 0 Å². The Balaban J connectivity index is 1.70. The molecule has 3 aromatic carbocycles. The van der Waals surface area contributed by atoms with E-state index in [0.717, 1.165) is 11.6 Å². The molecule has 3 rings (SSSR count). The van der Waals surface area contributed by atoms with Crippen molar-refractivity contribution < 1.29 is 24.0 Å². The first-order valence-electron chi connectivity index (χ1n) is 9.27. The number of nitrogens with zero attached hydrogens (tertiary/aromatic N) is 1. The van der Waals surface area contributed by atoms with Crippen molar-refractivity contribution in [3.8, 4) is 0 Å². The second-order valence-corrected chi connectivity index (χ2v) is 6.67. The summed E-state index contributed by atoms with van der Waals surface area (Å²) in [5.74, 6) is -1.76. The Morgan fingerprint density at radius 1 is 0.935 bits per heavy atom. The molecule has 0 heterocycles. The van der Waals surface area contributed by atoms with E-state index in [1.165, 1.54) is 30.3 Å². The van der Waals surface area contributed by atoms with E-state index in [-0.39, 0.29) is 28.3 Å². The SMILES string of the molecule is Cc1ccc(C(=O)COC(=O)c2ccccc2NC(=O)c2cccc([N+](=O)[O-])c2)cc1. The van der Waals surface area contributed by atoms with E-state index in [0.29, 0.717) is 5.56 Å². The lowest BCUT2D eigenvalue weighted by Gasteiger charge is -2.11. The number of anilines is 1.